The number of benzene rings is 4. The molecule has 2 heteroatoms. The van der Waals surface area contributed by atoms with Gasteiger partial charge in [0.2, 0.25) is 0 Å². The predicted molar refractivity (Wildman–Crippen MR) is 90.5 cm³/mol. The summed E-state index contributed by atoms with van der Waals surface area (Å²) in [5.41, 5.74) is 1.20. The van der Waals surface area contributed by atoms with Crippen LogP contribution in [0.4, 0.5) is 0 Å². The lowest BCUT2D eigenvalue weighted by Gasteiger charge is -2.13. The lowest BCUT2D eigenvalue weighted by molar-refractivity contribution is -0.140. The molecule has 0 spiro atoms. The van der Waals surface area contributed by atoms with Crippen LogP contribution in [-0.4, -0.2) is 13.1 Å². The van der Waals surface area contributed by atoms with E-state index in [-0.39, 0.29) is 5.97 Å². The molecule has 0 unspecified atom stereocenters. The number of carbonyl (C=O) groups is 1. The second-order valence-corrected chi connectivity index (χ2v) is 5.66. The fraction of sp³-hybridized carbons (Fsp3) is 0.150. The van der Waals surface area contributed by atoms with E-state index in [1.807, 2.05) is 0 Å². The largest absolute Gasteiger partial charge is 0.469 e. The van der Waals surface area contributed by atoms with Crippen molar-refractivity contribution in [3.63, 3.8) is 0 Å². The summed E-state index contributed by atoms with van der Waals surface area (Å²) in [6.45, 7) is 0. The zero-order valence-corrected chi connectivity index (χ0v) is 12.4. The maximum absolute atomic E-state index is 11.4. The van der Waals surface area contributed by atoms with Gasteiger partial charge < -0.3 is 4.74 Å². The summed E-state index contributed by atoms with van der Waals surface area (Å²) >= 11 is 0. The first-order valence-electron chi connectivity index (χ1n) is 7.50. The van der Waals surface area contributed by atoms with Gasteiger partial charge >= 0.3 is 5.97 Å². The number of methoxy groups -OCH3 is 1. The van der Waals surface area contributed by atoms with E-state index < -0.39 is 0 Å². The summed E-state index contributed by atoms with van der Waals surface area (Å²) in [4.78, 5) is 11.4. The molecular weight excluding hydrogens is 272 g/mol. The highest BCUT2D eigenvalue weighted by molar-refractivity contribution is 6.23. The van der Waals surface area contributed by atoms with Gasteiger partial charge in [-0.05, 0) is 44.3 Å². The Morgan fingerprint density at radius 2 is 1.50 bits per heavy atom. The summed E-state index contributed by atoms with van der Waals surface area (Å²) in [6.07, 6.45) is 1.13. The van der Waals surface area contributed by atoms with Crippen LogP contribution in [-0.2, 0) is 16.0 Å². The molecule has 4 aromatic carbocycles. The van der Waals surface area contributed by atoms with Crippen molar-refractivity contribution in [2.45, 2.75) is 12.8 Å². The lowest BCUT2D eigenvalue weighted by Crippen LogP contribution is -2.02. The average molecular weight is 288 g/mol. The summed E-state index contributed by atoms with van der Waals surface area (Å²) in [7, 11) is 1.44. The van der Waals surface area contributed by atoms with E-state index in [0.717, 1.165) is 0 Å². The van der Waals surface area contributed by atoms with Gasteiger partial charge in [-0.25, -0.2) is 0 Å². The number of hydrogen-bond donors (Lipinski definition) is 0. The average Bonchev–Trinajstić information content (AvgIpc) is 2.58. The van der Waals surface area contributed by atoms with Gasteiger partial charge in [0, 0.05) is 6.42 Å². The Kier molecular flexibility index (Phi) is 2.97. The molecule has 4 aromatic rings. The molecule has 0 atom stereocenters. The van der Waals surface area contributed by atoms with Crippen LogP contribution >= 0.6 is 0 Å². The van der Waals surface area contributed by atoms with Gasteiger partial charge in [0.05, 0.1) is 7.11 Å². The highest BCUT2D eigenvalue weighted by Gasteiger charge is 2.11. The van der Waals surface area contributed by atoms with Crippen LogP contribution in [0.5, 0.6) is 0 Å². The Hall–Kier alpha value is -2.61. The van der Waals surface area contributed by atoms with Crippen LogP contribution in [0.2, 0.25) is 0 Å². The molecule has 108 valence electrons. The molecule has 2 nitrogen and oxygen atoms in total. The van der Waals surface area contributed by atoms with Crippen molar-refractivity contribution in [3.05, 3.63) is 60.2 Å². The highest BCUT2D eigenvalue weighted by atomic mass is 16.5. The minimum Gasteiger partial charge on any atom is -0.469 e. The third-order valence-electron chi connectivity index (χ3n) is 4.45. The third-order valence-corrected chi connectivity index (χ3v) is 4.45. The van der Waals surface area contributed by atoms with Crippen LogP contribution in [0.1, 0.15) is 12.0 Å². The van der Waals surface area contributed by atoms with Crippen LogP contribution in [0.25, 0.3) is 32.3 Å². The molecule has 0 bridgehead atoms. The summed E-state index contributed by atoms with van der Waals surface area (Å²) in [5, 5.41) is 7.64. The minimum atomic E-state index is -0.161. The number of carbonyl (C=O) groups excluding carboxylic acids is 1. The van der Waals surface area contributed by atoms with E-state index in [9.17, 15) is 4.79 Å². The molecule has 0 heterocycles. The zero-order chi connectivity index (χ0) is 15.1. The van der Waals surface area contributed by atoms with Crippen LogP contribution < -0.4 is 0 Å². The summed E-state index contributed by atoms with van der Waals surface area (Å²) in [6, 6.07) is 19.4. The molecule has 22 heavy (non-hydrogen) atoms. The van der Waals surface area contributed by atoms with Gasteiger partial charge in [-0.1, -0.05) is 54.6 Å². The Balaban J connectivity index is 1.98. The maximum Gasteiger partial charge on any atom is 0.305 e. The first kappa shape index (κ1) is 13.1. The van der Waals surface area contributed by atoms with Crippen molar-refractivity contribution in [1.29, 1.82) is 0 Å². The molecule has 0 saturated heterocycles. The van der Waals surface area contributed by atoms with Crippen molar-refractivity contribution in [2.24, 2.45) is 0 Å². The maximum atomic E-state index is 11.4. The SMILES string of the molecule is COC(=O)CCc1ccc2ccc3cccc4ccc1c2c34. The predicted octanol–water partition coefficient (Wildman–Crippen LogP) is 4.69. The van der Waals surface area contributed by atoms with Crippen LogP contribution in [0.15, 0.2) is 54.6 Å². The van der Waals surface area contributed by atoms with Crippen LogP contribution in [0.3, 0.4) is 0 Å². The van der Waals surface area contributed by atoms with E-state index in [4.69, 9.17) is 4.74 Å². The fourth-order valence-corrected chi connectivity index (χ4v) is 3.35. The number of ether oxygens (including phenoxy) is 1. The second-order valence-electron chi connectivity index (χ2n) is 5.66. The lowest BCUT2D eigenvalue weighted by atomic mass is 9.91. The van der Waals surface area contributed by atoms with Crippen molar-refractivity contribution >= 4 is 38.3 Å². The standard InChI is InChI=1S/C20H16O2/c1-22-18(21)12-10-13-5-6-16-8-7-14-3-2-4-15-9-11-17(13)20(16)19(14)15/h2-9,11H,10,12H2,1H3. The van der Waals surface area contributed by atoms with E-state index in [1.54, 1.807) is 0 Å². The number of rotatable bonds is 3. The van der Waals surface area contributed by atoms with E-state index >= 15 is 0 Å². The van der Waals surface area contributed by atoms with Crippen molar-refractivity contribution in [1.82, 2.24) is 0 Å². The first-order chi connectivity index (χ1) is 10.8. The number of aryl methyl sites for hydroxylation is 1. The molecule has 4 rings (SSSR count). The van der Waals surface area contributed by atoms with Crippen molar-refractivity contribution < 1.29 is 9.53 Å². The van der Waals surface area contributed by atoms with E-state index in [2.05, 4.69) is 54.6 Å². The number of hydrogen-bond acceptors (Lipinski definition) is 2. The van der Waals surface area contributed by atoms with Gasteiger partial charge in [-0.15, -0.1) is 0 Å². The molecule has 0 radical (unpaired) electrons. The Labute approximate surface area is 128 Å². The van der Waals surface area contributed by atoms with E-state index in [1.165, 1.54) is 45.0 Å². The van der Waals surface area contributed by atoms with Crippen molar-refractivity contribution in [3.8, 4) is 0 Å². The van der Waals surface area contributed by atoms with E-state index in [0.29, 0.717) is 12.8 Å². The zero-order valence-electron chi connectivity index (χ0n) is 12.4. The molecular formula is C20H16O2. The molecule has 0 amide bonds. The second kappa shape index (κ2) is 4.99. The Morgan fingerprint density at radius 1 is 0.864 bits per heavy atom. The van der Waals surface area contributed by atoms with Gasteiger partial charge in [-0.2, -0.15) is 0 Å². The Morgan fingerprint density at radius 3 is 2.23 bits per heavy atom. The topological polar surface area (TPSA) is 26.3 Å². The molecule has 0 aliphatic heterocycles. The fourth-order valence-electron chi connectivity index (χ4n) is 3.35. The summed E-state index contributed by atoms with van der Waals surface area (Å²) < 4.78 is 4.76. The van der Waals surface area contributed by atoms with Gasteiger partial charge in [-0.3, -0.25) is 4.79 Å². The smallest absolute Gasteiger partial charge is 0.305 e. The highest BCUT2D eigenvalue weighted by Crippen LogP contribution is 2.36. The van der Waals surface area contributed by atoms with Gasteiger partial charge in [0.1, 0.15) is 0 Å². The molecule has 0 aliphatic rings. The molecule has 0 N–H and O–H groups in total. The molecule has 0 aliphatic carbocycles. The quantitative estimate of drug-likeness (QED) is 0.404. The monoisotopic (exact) mass is 288 g/mol. The minimum absolute atomic E-state index is 0.161. The molecule has 0 fully saturated rings. The van der Waals surface area contributed by atoms with Crippen molar-refractivity contribution in [2.75, 3.05) is 7.11 Å². The summed E-state index contributed by atoms with van der Waals surface area (Å²) in [5.74, 6) is -0.161. The number of esters is 1. The Bertz CT molecular complexity index is 969. The molecule has 0 saturated carbocycles. The third kappa shape index (κ3) is 1.92. The normalized spacial score (nSPS) is 11.5. The first-order valence-corrected chi connectivity index (χ1v) is 7.50. The van der Waals surface area contributed by atoms with Gasteiger partial charge in [0.15, 0.2) is 0 Å². The van der Waals surface area contributed by atoms with Crippen LogP contribution in [0, 0.1) is 0 Å². The van der Waals surface area contributed by atoms with Gasteiger partial charge in [0.25, 0.3) is 0 Å². The molecule has 0 aromatic heterocycles.